The zero-order chi connectivity index (χ0) is 13.1. The van der Waals surface area contributed by atoms with Crippen LogP contribution >= 0.6 is 38.9 Å². The Bertz CT molecular complexity index is 524. The van der Waals surface area contributed by atoms with Gasteiger partial charge in [-0.05, 0) is 46.7 Å². The molecule has 1 aromatic heterocycles. The van der Waals surface area contributed by atoms with E-state index < -0.39 is 0 Å². The first-order valence-corrected chi connectivity index (χ1v) is 7.40. The highest BCUT2D eigenvalue weighted by atomic mass is 79.9. The van der Waals surface area contributed by atoms with Crippen LogP contribution in [0.1, 0.15) is 16.5 Å². The zero-order valence-corrected chi connectivity index (χ0v) is 13.2. The molecule has 0 fully saturated rings. The van der Waals surface area contributed by atoms with Gasteiger partial charge in [-0.15, -0.1) is 11.3 Å². The van der Waals surface area contributed by atoms with Gasteiger partial charge >= 0.3 is 0 Å². The van der Waals surface area contributed by atoms with Crippen LogP contribution in [0.25, 0.3) is 0 Å². The van der Waals surface area contributed by atoms with Crippen molar-refractivity contribution in [2.24, 2.45) is 0 Å². The fraction of sp³-hybridized carbons (Fsp3) is 0.231. The number of hydrogen-bond donors (Lipinski definition) is 1. The van der Waals surface area contributed by atoms with E-state index in [1.165, 1.54) is 4.88 Å². The van der Waals surface area contributed by atoms with Crippen molar-refractivity contribution >= 4 is 38.9 Å². The standard InChI is InChI=1S/C13H13BrClNOS/c1-16-12(11-7-10(15)13(14)18-11)8-4-3-5-9(6-8)17-2/h3-7,12,16H,1-2H3. The molecule has 0 bridgehead atoms. The summed E-state index contributed by atoms with van der Waals surface area (Å²) in [5.41, 5.74) is 1.15. The van der Waals surface area contributed by atoms with Gasteiger partial charge in [-0.25, -0.2) is 0 Å². The summed E-state index contributed by atoms with van der Waals surface area (Å²) in [7, 11) is 3.61. The van der Waals surface area contributed by atoms with Crippen LogP contribution in [0.5, 0.6) is 5.75 Å². The van der Waals surface area contributed by atoms with Crippen molar-refractivity contribution in [3.05, 3.63) is 49.6 Å². The Morgan fingerprint density at radius 1 is 1.39 bits per heavy atom. The van der Waals surface area contributed by atoms with E-state index in [1.54, 1.807) is 18.4 Å². The summed E-state index contributed by atoms with van der Waals surface area (Å²) < 4.78 is 6.22. The molecule has 1 N–H and O–H groups in total. The number of thiophene rings is 1. The lowest BCUT2D eigenvalue weighted by molar-refractivity contribution is 0.414. The lowest BCUT2D eigenvalue weighted by Crippen LogP contribution is -2.16. The second kappa shape index (κ2) is 6.06. The minimum absolute atomic E-state index is 0.119. The minimum Gasteiger partial charge on any atom is -0.497 e. The average Bonchev–Trinajstić information content (AvgIpc) is 2.70. The Balaban J connectivity index is 2.38. The van der Waals surface area contributed by atoms with Gasteiger partial charge in [-0.1, -0.05) is 23.7 Å². The van der Waals surface area contributed by atoms with Gasteiger partial charge in [0.15, 0.2) is 0 Å². The topological polar surface area (TPSA) is 21.3 Å². The summed E-state index contributed by atoms with van der Waals surface area (Å²) >= 11 is 11.2. The van der Waals surface area contributed by atoms with Crippen LogP contribution in [-0.2, 0) is 0 Å². The molecule has 18 heavy (non-hydrogen) atoms. The fourth-order valence-electron chi connectivity index (χ4n) is 1.80. The maximum absolute atomic E-state index is 6.09. The van der Waals surface area contributed by atoms with E-state index in [2.05, 4.69) is 27.3 Å². The smallest absolute Gasteiger partial charge is 0.119 e. The Kier molecular flexibility index (Phi) is 4.67. The molecule has 0 amide bonds. The summed E-state index contributed by atoms with van der Waals surface area (Å²) in [5.74, 6) is 0.856. The summed E-state index contributed by atoms with van der Waals surface area (Å²) in [4.78, 5) is 1.17. The van der Waals surface area contributed by atoms with E-state index in [0.29, 0.717) is 0 Å². The van der Waals surface area contributed by atoms with Gasteiger partial charge in [-0.3, -0.25) is 0 Å². The molecule has 0 saturated carbocycles. The summed E-state index contributed by atoms with van der Waals surface area (Å²) in [6.45, 7) is 0. The van der Waals surface area contributed by atoms with Crippen molar-refractivity contribution in [3.63, 3.8) is 0 Å². The van der Waals surface area contributed by atoms with Crippen molar-refractivity contribution in [2.45, 2.75) is 6.04 Å². The molecule has 1 aromatic carbocycles. The van der Waals surface area contributed by atoms with E-state index in [0.717, 1.165) is 20.1 Å². The van der Waals surface area contributed by atoms with Crippen molar-refractivity contribution in [2.75, 3.05) is 14.2 Å². The SMILES string of the molecule is CNC(c1cccc(OC)c1)c1cc(Cl)c(Br)s1. The molecule has 0 aliphatic rings. The first-order valence-electron chi connectivity index (χ1n) is 5.41. The van der Waals surface area contributed by atoms with Crippen LogP contribution in [0.15, 0.2) is 34.1 Å². The van der Waals surface area contributed by atoms with Crippen LogP contribution in [0.4, 0.5) is 0 Å². The van der Waals surface area contributed by atoms with Crippen molar-refractivity contribution in [1.82, 2.24) is 5.32 Å². The van der Waals surface area contributed by atoms with Crippen molar-refractivity contribution < 1.29 is 4.74 Å². The minimum atomic E-state index is 0.119. The Morgan fingerprint density at radius 3 is 2.72 bits per heavy atom. The number of ether oxygens (including phenoxy) is 1. The molecule has 96 valence electrons. The predicted molar refractivity (Wildman–Crippen MR) is 80.9 cm³/mol. The molecule has 0 saturated heterocycles. The van der Waals surface area contributed by atoms with E-state index in [1.807, 2.05) is 31.3 Å². The highest BCUT2D eigenvalue weighted by molar-refractivity contribution is 9.11. The zero-order valence-electron chi connectivity index (χ0n) is 10.0. The third-order valence-electron chi connectivity index (χ3n) is 2.66. The van der Waals surface area contributed by atoms with Crippen molar-refractivity contribution in [1.29, 1.82) is 0 Å². The third kappa shape index (κ3) is 2.88. The molecular weight excluding hydrogens is 334 g/mol. The summed E-state index contributed by atoms with van der Waals surface area (Å²) in [5, 5.41) is 4.05. The third-order valence-corrected chi connectivity index (χ3v) is 5.20. The summed E-state index contributed by atoms with van der Waals surface area (Å²) in [6.07, 6.45) is 0. The number of rotatable bonds is 4. The van der Waals surface area contributed by atoms with Gasteiger partial charge in [0.2, 0.25) is 0 Å². The molecule has 1 heterocycles. The quantitative estimate of drug-likeness (QED) is 0.881. The first-order chi connectivity index (χ1) is 8.65. The van der Waals surface area contributed by atoms with Gasteiger partial charge < -0.3 is 10.1 Å². The first kappa shape index (κ1) is 13.9. The normalized spacial score (nSPS) is 12.4. The van der Waals surface area contributed by atoms with E-state index in [9.17, 15) is 0 Å². The number of hydrogen-bond acceptors (Lipinski definition) is 3. The molecule has 0 aliphatic heterocycles. The highest BCUT2D eigenvalue weighted by Crippen LogP contribution is 2.37. The molecule has 2 nitrogen and oxygen atoms in total. The highest BCUT2D eigenvalue weighted by Gasteiger charge is 2.16. The number of nitrogens with one attached hydrogen (secondary N) is 1. The maximum atomic E-state index is 6.09. The van der Waals surface area contributed by atoms with Crippen LogP contribution in [0.2, 0.25) is 5.02 Å². The molecule has 2 aromatic rings. The fourth-order valence-corrected chi connectivity index (χ4v) is 3.68. The molecular formula is C13H13BrClNOS. The Morgan fingerprint density at radius 2 is 2.17 bits per heavy atom. The number of halogens is 2. The molecule has 2 rings (SSSR count). The van der Waals surface area contributed by atoms with Crippen LogP contribution in [0, 0.1) is 0 Å². The van der Waals surface area contributed by atoms with Gasteiger partial charge in [-0.2, -0.15) is 0 Å². The molecule has 0 spiro atoms. The van der Waals surface area contributed by atoms with Crippen LogP contribution in [0.3, 0.4) is 0 Å². The van der Waals surface area contributed by atoms with E-state index in [4.69, 9.17) is 16.3 Å². The molecule has 1 unspecified atom stereocenters. The second-order valence-corrected chi connectivity index (χ2v) is 6.58. The van der Waals surface area contributed by atoms with Gasteiger partial charge in [0.05, 0.1) is 22.0 Å². The largest absolute Gasteiger partial charge is 0.497 e. The van der Waals surface area contributed by atoms with Crippen molar-refractivity contribution in [3.8, 4) is 5.75 Å². The van der Waals surface area contributed by atoms with Gasteiger partial charge in [0.1, 0.15) is 5.75 Å². The van der Waals surface area contributed by atoms with E-state index in [-0.39, 0.29) is 6.04 Å². The monoisotopic (exact) mass is 345 g/mol. The number of benzene rings is 1. The van der Waals surface area contributed by atoms with Gasteiger partial charge in [0, 0.05) is 4.88 Å². The average molecular weight is 347 g/mol. The summed E-state index contributed by atoms with van der Waals surface area (Å²) in [6, 6.07) is 10.1. The van der Waals surface area contributed by atoms with E-state index >= 15 is 0 Å². The lowest BCUT2D eigenvalue weighted by atomic mass is 10.1. The molecule has 0 radical (unpaired) electrons. The molecule has 5 heteroatoms. The molecule has 1 atom stereocenters. The molecule has 0 aliphatic carbocycles. The number of methoxy groups -OCH3 is 1. The lowest BCUT2D eigenvalue weighted by Gasteiger charge is -2.15. The maximum Gasteiger partial charge on any atom is 0.119 e. The van der Waals surface area contributed by atoms with Crippen LogP contribution < -0.4 is 10.1 Å². The Hall–Kier alpha value is -0.550. The Labute approximate surface area is 124 Å². The van der Waals surface area contributed by atoms with Crippen LogP contribution in [-0.4, -0.2) is 14.2 Å². The van der Waals surface area contributed by atoms with Gasteiger partial charge in [0.25, 0.3) is 0 Å². The second-order valence-electron chi connectivity index (χ2n) is 3.77. The predicted octanol–water partition coefficient (Wildman–Crippen LogP) is 4.48.